The highest BCUT2D eigenvalue weighted by atomic mass is 16.7. The van der Waals surface area contributed by atoms with Crippen LogP contribution in [0.15, 0.2) is 12.1 Å². The first-order valence-corrected chi connectivity index (χ1v) is 6.55. The highest BCUT2D eigenvalue weighted by Crippen LogP contribution is 2.38. The number of benzene rings is 1. The van der Waals surface area contributed by atoms with E-state index in [1.807, 2.05) is 6.07 Å². The first-order valence-electron chi connectivity index (χ1n) is 6.55. The van der Waals surface area contributed by atoms with Crippen molar-refractivity contribution in [2.75, 3.05) is 33.5 Å². The van der Waals surface area contributed by atoms with E-state index in [1.165, 1.54) is 31.5 Å². The normalized spacial score (nSPS) is 18.3. The summed E-state index contributed by atoms with van der Waals surface area (Å²) in [5, 5.41) is 0. The van der Waals surface area contributed by atoms with Gasteiger partial charge in [-0.3, -0.25) is 0 Å². The molecule has 2 heterocycles. The molecule has 0 aliphatic carbocycles. The van der Waals surface area contributed by atoms with Crippen molar-refractivity contribution in [3.05, 3.63) is 17.7 Å². The van der Waals surface area contributed by atoms with Crippen LogP contribution in [-0.2, 0) is 6.42 Å². The zero-order valence-electron chi connectivity index (χ0n) is 10.8. The molecular formula is C14H19NO3. The Labute approximate surface area is 107 Å². The minimum Gasteiger partial charge on any atom is -0.496 e. The van der Waals surface area contributed by atoms with Gasteiger partial charge < -0.3 is 19.1 Å². The van der Waals surface area contributed by atoms with Crippen LogP contribution in [0, 0.1) is 0 Å². The molecule has 0 unspecified atom stereocenters. The number of fused-ring (bicyclic) bond motifs is 1. The van der Waals surface area contributed by atoms with Gasteiger partial charge in [0.1, 0.15) is 5.75 Å². The number of nitrogens with zero attached hydrogens (tertiary/aromatic N) is 1. The fourth-order valence-electron chi connectivity index (χ4n) is 2.64. The molecule has 18 heavy (non-hydrogen) atoms. The van der Waals surface area contributed by atoms with E-state index in [9.17, 15) is 0 Å². The Morgan fingerprint density at radius 1 is 1.17 bits per heavy atom. The molecule has 3 rings (SSSR count). The van der Waals surface area contributed by atoms with Gasteiger partial charge in [-0.05, 0) is 44.0 Å². The lowest BCUT2D eigenvalue weighted by Gasteiger charge is -2.16. The van der Waals surface area contributed by atoms with Gasteiger partial charge in [-0.2, -0.15) is 0 Å². The second-order valence-electron chi connectivity index (χ2n) is 4.82. The van der Waals surface area contributed by atoms with Crippen molar-refractivity contribution < 1.29 is 14.2 Å². The van der Waals surface area contributed by atoms with Gasteiger partial charge in [-0.1, -0.05) is 0 Å². The maximum absolute atomic E-state index is 5.43. The van der Waals surface area contributed by atoms with E-state index >= 15 is 0 Å². The fourth-order valence-corrected chi connectivity index (χ4v) is 2.64. The third-order valence-corrected chi connectivity index (χ3v) is 3.67. The van der Waals surface area contributed by atoms with Gasteiger partial charge in [0, 0.05) is 12.6 Å². The number of likely N-dealkylation sites (tertiary alicyclic amines) is 1. The molecule has 0 aromatic heterocycles. The van der Waals surface area contributed by atoms with Crippen LogP contribution < -0.4 is 14.2 Å². The topological polar surface area (TPSA) is 30.9 Å². The number of hydrogen-bond acceptors (Lipinski definition) is 4. The van der Waals surface area contributed by atoms with Crippen LogP contribution in [0.25, 0.3) is 0 Å². The molecule has 98 valence electrons. The lowest BCUT2D eigenvalue weighted by molar-refractivity contribution is 0.174. The minimum absolute atomic E-state index is 0.314. The molecule has 0 radical (unpaired) electrons. The van der Waals surface area contributed by atoms with E-state index in [0.29, 0.717) is 6.79 Å². The van der Waals surface area contributed by atoms with Crippen molar-refractivity contribution in [2.45, 2.75) is 19.3 Å². The van der Waals surface area contributed by atoms with Crippen LogP contribution >= 0.6 is 0 Å². The van der Waals surface area contributed by atoms with E-state index in [1.54, 1.807) is 7.11 Å². The highest BCUT2D eigenvalue weighted by Gasteiger charge is 2.18. The molecule has 1 saturated heterocycles. The predicted octanol–water partition coefficient (Wildman–Crippen LogP) is 2.06. The van der Waals surface area contributed by atoms with E-state index in [-0.39, 0.29) is 0 Å². The smallest absolute Gasteiger partial charge is 0.231 e. The van der Waals surface area contributed by atoms with Crippen LogP contribution in [0.2, 0.25) is 0 Å². The third kappa shape index (κ3) is 2.25. The number of ether oxygens (including phenoxy) is 3. The Balaban J connectivity index is 1.73. The summed E-state index contributed by atoms with van der Waals surface area (Å²) in [4.78, 5) is 2.50. The van der Waals surface area contributed by atoms with Crippen molar-refractivity contribution in [3.8, 4) is 17.2 Å². The Hall–Kier alpha value is -1.42. The number of methoxy groups -OCH3 is 1. The Kier molecular flexibility index (Phi) is 3.28. The quantitative estimate of drug-likeness (QED) is 0.817. The van der Waals surface area contributed by atoms with Crippen LogP contribution in [-0.4, -0.2) is 38.4 Å². The Morgan fingerprint density at radius 3 is 2.61 bits per heavy atom. The molecule has 0 N–H and O–H groups in total. The highest BCUT2D eigenvalue weighted by molar-refractivity contribution is 5.51. The summed E-state index contributed by atoms with van der Waals surface area (Å²) in [7, 11) is 1.71. The van der Waals surface area contributed by atoms with Gasteiger partial charge in [-0.15, -0.1) is 0 Å². The average molecular weight is 249 g/mol. The molecule has 1 fully saturated rings. The first-order chi connectivity index (χ1) is 8.86. The number of rotatable bonds is 4. The lowest BCUT2D eigenvalue weighted by Crippen LogP contribution is -2.22. The summed E-state index contributed by atoms with van der Waals surface area (Å²) >= 11 is 0. The summed E-state index contributed by atoms with van der Waals surface area (Å²) in [5.74, 6) is 2.53. The summed E-state index contributed by atoms with van der Waals surface area (Å²) in [6, 6.07) is 3.99. The lowest BCUT2D eigenvalue weighted by atomic mass is 10.1. The molecule has 1 aromatic carbocycles. The average Bonchev–Trinajstić information content (AvgIpc) is 3.05. The third-order valence-electron chi connectivity index (χ3n) is 3.67. The van der Waals surface area contributed by atoms with Gasteiger partial charge in [0.15, 0.2) is 11.5 Å². The van der Waals surface area contributed by atoms with Crippen LogP contribution in [0.1, 0.15) is 18.4 Å². The molecule has 0 saturated carbocycles. The molecule has 2 aliphatic heterocycles. The summed E-state index contributed by atoms with van der Waals surface area (Å²) in [6.07, 6.45) is 3.66. The first kappa shape index (κ1) is 11.7. The maximum atomic E-state index is 5.43. The standard InChI is InChI=1S/C14H19NO3/c1-16-12-9-14-13(17-10-18-14)8-11(12)4-7-15-5-2-3-6-15/h8-9H,2-7,10H2,1H3. The molecule has 0 atom stereocenters. The molecule has 4 heteroatoms. The summed E-state index contributed by atoms with van der Waals surface area (Å²) < 4.78 is 16.2. The molecule has 0 amide bonds. The molecule has 1 aromatic rings. The van der Waals surface area contributed by atoms with Crippen molar-refractivity contribution >= 4 is 0 Å². The fraction of sp³-hybridized carbons (Fsp3) is 0.571. The second-order valence-corrected chi connectivity index (χ2v) is 4.82. The van der Waals surface area contributed by atoms with Crippen molar-refractivity contribution in [3.63, 3.8) is 0 Å². The maximum Gasteiger partial charge on any atom is 0.231 e. The second kappa shape index (κ2) is 5.06. The van der Waals surface area contributed by atoms with E-state index in [0.717, 1.165) is 30.2 Å². The van der Waals surface area contributed by atoms with Crippen LogP contribution in [0.5, 0.6) is 17.2 Å². The van der Waals surface area contributed by atoms with Crippen LogP contribution in [0.4, 0.5) is 0 Å². The molecular weight excluding hydrogens is 230 g/mol. The molecule has 0 bridgehead atoms. The van der Waals surface area contributed by atoms with E-state index < -0.39 is 0 Å². The molecule has 0 spiro atoms. The molecule has 2 aliphatic rings. The monoisotopic (exact) mass is 249 g/mol. The zero-order valence-corrected chi connectivity index (χ0v) is 10.8. The largest absolute Gasteiger partial charge is 0.496 e. The van der Waals surface area contributed by atoms with E-state index in [4.69, 9.17) is 14.2 Å². The summed E-state index contributed by atoms with van der Waals surface area (Å²) in [5.41, 5.74) is 1.20. The summed E-state index contributed by atoms with van der Waals surface area (Å²) in [6.45, 7) is 3.86. The van der Waals surface area contributed by atoms with Crippen molar-refractivity contribution in [2.24, 2.45) is 0 Å². The van der Waals surface area contributed by atoms with Gasteiger partial charge in [0.2, 0.25) is 6.79 Å². The van der Waals surface area contributed by atoms with E-state index in [2.05, 4.69) is 11.0 Å². The van der Waals surface area contributed by atoms with Gasteiger partial charge in [0.05, 0.1) is 7.11 Å². The zero-order chi connectivity index (χ0) is 12.4. The van der Waals surface area contributed by atoms with Gasteiger partial charge >= 0.3 is 0 Å². The minimum atomic E-state index is 0.314. The predicted molar refractivity (Wildman–Crippen MR) is 68.5 cm³/mol. The Bertz CT molecular complexity index is 427. The van der Waals surface area contributed by atoms with Crippen molar-refractivity contribution in [1.82, 2.24) is 4.90 Å². The number of hydrogen-bond donors (Lipinski definition) is 0. The van der Waals surface area contributed by atoms with Gasteiger partial charge in [0.25, 0.3) is 0 Å². The van der Waals surface area contributed by atoms with Crippen molar-refractivity contribution in [1.29, 1.82) is 0 Å². The Morgan fingerprint density at radius 2 is 1.89 bits per heavy atom. The molecule has 4 nitrogen and oxygen atoms in total. The van der Waals surface area contributed by atoms with Gasteiger partial charge in [-0.25, -0.2) is 0 Å². The van der Waals surface area contributed by atoms with Crippen LogP contribution in [0.3, 0.4) is 0 Å². The SMILES string of the molecule is COc1cc2c(cc1CCN1CCCC1)OCO2.